The molecule has 29 heavy (non-hydrogen) atoms. The summed E-state index contributed by atoms with van der Waals surface area (Å²) >= 11 is 0. The fraction of sp³-hybridized carbons (Fsp3) is 0.609. The molecule has 2 saturated heterocycles. The van der Waals surface area contributed by atoms with Crippen molar-refractivity contribution in [2.75, 3.05) is 60.2 Å². The van der Waals surface area contributed by atoms with Crippen LogP contribution in [0.15, 0.2) is 30.3 Å². The van der Waals surface area contributed by atoms with Gasteiger partial charge in [-0.2, -0.15) is 0 Å². The fourth-order valence-electron chi connectivity index (χ4n) is 4.47. The van der Waals surface area contributed by atoms with Crippen molar-refractivity contribution in [1.82, 2.24) is 9.80 Å². The van der Waals surface area contributed by atoms with Gasteiger partial charge in [0.05, 0.1) is 27.4 Å². The number of benzene rings is 1. The Morgan fingerprint density at radius 3 is 2.76 bits per heavy atom. The maximum atomic E-state index is 11.7. The number of hydrogen-bond donors (Lipinski definition) is 0. The Kier molecular flexibility index (Phi) is 8.52. The number of piperidine rings is 1. The number of nitrogens with zero attached hydrogens (tertiary/aromatic N) is 2. The first-order valence-corrected chi connectivity index (χ1v) is 10.6. The molecule has 6 nitrogen and oxygen atoms in total. The highest BCUT2D eigenvalue weighted by atomic mass is 16.5. The van der Waals surface area contributed by atoms with Gasteiger partial charge in [-0.1, -0.05) is 30.4 Å². The van der Waals surface area contributed by atoms with Crippen molar-refractivity contribution in [2.24, 2.45) is 5.92 Å². The van der Waals surface area contributed by atoms with Crippen LogP contribution in [-0.2, 0) is 14.3 Å². The highest BCUT2D eigenvalue weighted by Crippen LogP contribution is 2.27. The first kappa shape index (κ1) is 21.8. The number of morpholine rings is 1. The zero-order valence-electron chi connectivity index (χ0n) is 17.7. The summed E-state index contributed by atoms with van der Waals surface area (Å²) in [4.78, 5) is 16.8. The summed E-state index contributed by atoms with van der Waals surface area (Å²) in [6.45, 7) is 6.60. The molecule has 0 aromatic heterocycles. The van der Waals surface area contributed by atoms with E-state index in [0.717, 1.165) is 70.1 Å². The van der Waals surface area contributed by atoms with Gasteiger partial charge in [-0.25, -0.2) is 0 Å². The number of hydrogen-bond acceptors (Lipinski definition) is 6. The minimum absolute atomic E-state index is 0.112. The quantitative estimate of drug-likeness (QED) is 0.623. The average molecular weight is 403 g/mol. The highest BCUT2D eigenvalue weighted by Gasteiger charge is 2.33. The second-order valence-electron chi connectivity index (χ2n) is 7.78. The minimum Gasteiger partial charge on any atom is -0.496 e. The van der Waals surface area contributed by atoms with Crippen LogP contribution in [0, 0.1) is 5.92 Å². The second kappa shape index (κ2) is 11.3. The summed E-state index contributed by atoms with van der Waals surface area (Å²) in [5, 5.41) is 0. The molecule has 0 spiro atoms. The third-order valence-corrected chi connectivity index (χ3v) is 6.04. The molecule has 2 atom stereocenters. The van der Waals surface area contributed by atoms with Gasteiger partial charge in [-0.05, 0) is 31.4 Å². The molecular weight excluding hydrogens is 368 g/mol. The molecule has 2 aliphatic heterocycles. The van der Waals surface area contributed by atoms with Gasteiger partial charge in [0, 0.05) is 44.2 Å². The van der Waals surface area contributed by atoms with Gasteiger partial charge in [0.25, 0.3) is 0 Å². The predicted octanol–water partition coefficient (Wildman–Crippen LogP) is 2.68. The summed E-state index contributed by atoms with van der Waals surface area (Å²) in [6, 6.07) is 8.59. The van der Waals surface area contributed by atoms with E-state index in [1.54, 1.807) is 7.11 Å². The molecule has 0 unspecified atom stereocenters. The van der Waals surface area contributed by atoms with E-state index in [-0.39, 0.29) is 5.97 Å². The summed E-state index contributed by atoms with van der Waals surface area (Å²) in [5.74, 6) is 1.25. The van der Waals surface area contributed by atoms with Crippen molar-refractivity contribution in [3.63, 3.8) is 0 Å². The third-order valence-electron chi connectivity index (χ3n) is 6.04. The fourth-order valence-corrected chi connectivity index (χ4v) is 4.47. The number of methoxy groups -OCH3 is 2. The summed E-state index contributed by atoms with van der Waals surface area (Å²) in [5.41, 5.74) is 1.10. The molecule has 1 aromatic rings. The highest BCUT2D eigenvalue weighted by molar-refractivity contribution is 5.69. The van der Waals surface area contributed by atoms with Gasteiger partial charge in [0.2, 0.25) is 0 Å². The lowest BCUT2D eigenvalue weighted by Gasteiger charge is -2.45. The number of rotatable bonds is 8. The van der Waals surface area contributed by atoms with Crippen LogP contribution < -0.4 is 4.74 Å². The molecule has 0 bridgehead atoms. The Labute approximate surface area is 174 Å². The van der Waals surface area contributed by atoms with Crippen LogP contribution in [0.5, 0.6) is 5.75 Å². The molecule has 0 radical (unpaired) electrons. The molecule has 1 aromatic carbocycles. The topological polar surface area (TPSA) is 51.2 Å². The zero-order valence-corrected chi connectivity index (χ0v) is 17.7. The van der Waals surface area contributed by atoms with Crippen LogP contribution in [0.25, 0.3) is 6.08 Å². The van der Waals surface area contributed by atoms with Gasteiger partial charge in [-0.3, -0.25) is 14.6 Å². The first-order valence-electron chi connectivity index (χ1n) is 10.6. The molecule has 0 amide bonds. The van der Waals surface area contributed by atoms with Gasteiger partial charge >= 0.3 is 5.97 Å². The van der Waals surface area contributed by atoms with Crippen LogP contribution >= 0.6 is 0 Å². The number of carbonyl (C=O) groups is 1. The number of ether oxygens (including phenoxy) is 3. The number of carbonyl (C=O) groups excluding carboxylic acids is 1. The largest absolute Gasteiger partial charge is 0.496 e. The molecule has 0 N–H and O–H groups in total. The Bertz CT molecular complexity index is 673. The Morgan fingerprint density at radius 2 is 2.00 bits per heavy atom. The van der Waals surface area contributed by atoms with Crippen molar-refractivity contribution in [3.8, 4) is 5.75 Å². The first-order chi connectivity index (χ1) is 14.2. The molecule has 2 fully saturated rings. The van der Waals surface area contributed by atoms with E-state index in [1.807, 2.05) is 18.2 Å². The van der Waals surface area contributed by atoms with E-state index >= 15 is 0 Å². The lowest BCUT2D eigenvalue weighted by atomic mass is 9.86. The predicted molar refractivity (Wildman–Crippen MR) is 114 cm³/mol. The summed E-state index contributed by atoms with van der Waals surface area (Å²) in [6.07, 6.45) is 6.85. The average Bonchev–Trinajstić information content (AvgIpc) is 2.78. The molecule has 0 aliphatic carbocycles. The standard InChI is InChI=1S/C23H34N2O4/c1-27-22-8-4-3-6-19(22)7-5-12-24-13-11-21(25-14-16-29-17-15-25)20(18-24)9-10-23(26)28-2/h3-8,20-21H,9-18H2,1-2H3/b7-5+/t20-,21+/m0/s1. The zero-order chi connectivity index (χ0) is 20.5. The number of para-hydroxylation sites is 1. The lowest BCUT2D eigenvalue weighted by molar-refractivity contribution is -0.141. The Morgan fingerprint density at radius 1 is 1.21 bits per heavy atom. The molecule has 2 aliphatic rings. The summed E-state index contributed by atoms with van der Waals surface area (Å²) < 4.78 is 15.8. The maximum absolute atomic E-state index is 11.7. The van der Waals surface area contributed by atoms with Crippen molar-refractivity contribution in [1.29, 1.82) is 0 Å². The Balaban J connectivity index is 1.59. The lowest BCUT2D eigenvalue weighted by Crippen LogP contribution is -2.54. The number of likely N-dealkylation sites (tertiary alicyclic amines) is 1. The smallest absolute Gasteiger partial charge is 0.305 e. The van der Waals surface area contributed by atoms with Gasteiger partial charge in [0.15, 0.2) is 0 Å². The summed E-state index contributed by atoms with van der Waals surface area (Å²) in [7, 11) is 3.17. The van der Waals surface area contributed by atoms with E-state index in [2.05, 4.69) is 28.0 Å². The van der Waals surface area contributed by atoms with Crippen LogP contribution in [0.2, 0.25) is 0 Å². The van der Waals surface area contributed by atoms with Crippen LogP contribution in [0.3, 0.4) is 0 Å². The van der Waals surface area contributed by atoms with E-state index in [0.29, 0.717) is 18.4 Å². The molecular formula is C23H34N2O4. The SMILES string of the molecule is COC(=O)CC[C@H]1CN(C/C=C/c2ccccc2OC)CC[C@H]1N1CCOCC1. The van der Waals surface area contributed by atoms with E-state index in [9.17, 15) is 4.79 Å². The van der Waals surface area contributed by atoms with Gasteiger partial charge in [0.1, 0.15) is 5.75 Å². The second-order valence-corrected chi connectivity index (χ2v) is 7.78. The van der Waals surface area contributed by atoms with E-state index in [1.165, 1.54) is 7.11 Å². The van der Waals surface area contributed by atoms with Gasteiger partial charge in [-0.15, -0.1) is 0 Å². The van der Waals surface area contributed by atoms with E-state index < -0.39 is 0 Å². The van der Waals surface area contributed by atoms with Crippen molar-refractivity contribution >= 4 is 12.0 Å². The van der Waals surface area contributed by atoms with Crippen molar-refractivity contribution in [2.45, 2.75) is 25.3 Å². The van der Waals surface area contributed by atoms with Crippen molar-refractivity contribution in [3.05, 3.63) is 35.9 Å². The minimum atomic E-state index is -0.112. The number of esters is 1. The molecule has 160 valence electrons. The van der Waals surface area contributed by atoms with E-state index in [4.69, 9.17) is 14.2 Å². The van der Waals surface area contributed by atoms with Crippen molar-refractivity contribution < 1.29 is 19.0 Å². The molecule has 6 heteroatoms. The normalized spacial score (nSPS) is 23.9. The molecule has 0 saturated carbocycles. The Hall–Kier alpha value is -1.89. The molecule has 3 rings (SSSR count). The van der Waals surface area contributed by atoms with Crippen LogP contribution in [0.4, 0.5) is 0 Å². The monoisotopic (exact) mass is 402 g/mol. The van der Waals surface area contributed by atoms with Gasteiger partial charge < -0.3 is 14.2 Å². The maximum Gasteiger partial charge on any atom is 0.305 e. The van der Waals surface area contributed by atoms with Crippen LogP contribution in [0.1, 0.15) is 24.8 Å². The molecule has 2 heterocycles. The third kappa shape index (κ3) is 6.29. The van der Waals surface area contributed by atoms with Crippen LogP contribution in [-0.4, -0.2) is 82.0 Å².